The van der Waals surface area contributed by atoms with Gasteiger partial charge in [0.05, 0.1) is 17.1 Å². The molecule has 0 unspecified atom stereocenters. The maximum absolute atomic E-state index is 12.2. The van der Waals surface area contributed by atoms with Gasteiger partial charge in [-0.2, -0.15) is 0 Å². The monoisotopic (exact) mass is 362 g/mol. The molecule has 7 heteroatoms. The van der Waals surface area contributed by atoms with E-state index in [0.717, 1.165) is 56.4 Å². The molecule has 0 atom stereocenters. The van der Waals surface area contributed by atoms with Crippen LogP contribution in [0.4, 0.5) is 0 Å². The highest BCUT2D eigenvalue weighted by Gasteiger charge is 2.21. The summed E-state index contributed by atoms with van der Waals surface area (Å²) in [4.78, 5) is 24.4. The Balaban J connectivity index is 1.46. The van der Waals surface area contributed by atoms with Gasteiger partial charge in [-0.15, -0.1) is 11.3 Å². The number of rotatable bonds is 7. The maximum atomic E-state index is 12.2. The van der Waals surface area contributed by atoms with Crippen LogP contribution in [0.3, 0.4) is 0 Å². The zero-order valence-corrected chi connectivity index (χ0v) is 15.8. The van der Waals surface area contributed by atoms with Crippen LogP contribution in [0.1, 0.15) is 19.5 Å². The van der Waals surface area contributed by atoms with E-state index in [9.17, 15) is 4.79 Å². The molecule has 0 spiro atoms. The van der Waals surface area contributed by atoms with E-state index in [4.69, 9.17) is 4.42 Å². The second-order valence-corrected chi connectivity index (χ2v) is 7.19. The largest absolute Gasteiger partial charge is 0.444 e. The molecule has 1 amide bonds. The highest BCUT2D eigenvalue weighted by Crippen LogP contribution is 2.24. The average molecular weight is 362 g/mol. The molecule has 3 heterocycles. The fourth-order valence-electron chi connectivity index (χ4n) is 3.10. The van der Waals surface area contributed by atoms with Crippen LogP contribution < -0.4 is 0 Å². The fraction of sp³-hybridized carbons (Fsp3) is 0.556. The smallest absolute Gasteiger partial charge is 0.236 e. The second-order valence-electron chi connectivity index (χ2n) is 6.24. The Morgan fingerprint density at radius 3 is 2.60 bits per heavy atom. The van der Waals surface area contributed by atoms with Crippen LogP contribution in [0.25, 0.3) is 10.8 Å². The van der Waals surface area contributed by atoms with E-state index in [2.05, 4.69) is 14.8 Å². The first-order chi connectivity index (χ1) is 12.2. The lowest BCUT2D eigenvalue weighted by molar-refractivity contribution is -0.132. The van der Waals surface area contributed by atoms with E-state index in [-0.39, 0.29) is 5.91 Å². The predicted octanol–water partition coefficient (Wildman–Crippen LogP) is 2.39. The average Bonchev–Trinajstić information content (AvgIpc) is 3.29. The summed E-state index contributed by atoms with van der Waals surface area (Å²) in [5, 5.41) is 2.03. The number of piperazine rings is 1. The van der Waals surface area contributed by atoms with Gasteiger partial charge < -0.3 is 9.32 Å². The molecule has 0 radical (unpaired) electrons. The van der Waals surface area contributed by atoms with Gasteiger partial charge in [0.25, 0.3) is 0 Å². The summed E-state index contributed by atoms with van der Waals surface area (Å²) >= 11 is 1.63. The minimum absolute atomic E-state index is 0.232. The van der Waals surface area contributed by atoms with Crippen molar-refractivity contribution in [3.05, 3.63) is 29.5 Å². The lowest BCUT2D eigenvalue weighted by atomic mass is 10.3. The van der Waals surface area contributed by atoms with Gasteiger partial charge in [0.15, 0.2) is 0 Å². The van der Waals surface area contributed by atoms with Crippen molar-refractivity contribution in [3.8, 4) is 10.8 Å². The minimum atomic E-state index is 0.232. The summed E-state index contributed by atoms with van der Waals surface area (Å²) in [6, 6.07) is 4.02. The Kier molecular flexibility index (Phi) is 6.23. The van der Waals surface area contributed by atoms with Crippen molar-refractivity contribution in [2.24, 2.45) is 0 Å². The van der Waals surface area contributed by atoms with Crippen LogP contribution in [0.2, 0.25) is 0 Å². The van der Waals surface area contributed by atoms with E-state index in [1.807, 2.05) is 36.3 Å². The van der Waals surface area contributed by atoms with Gasteiger partial charge in [-0.1, -0.05) is 6.07 Å². The van der Waals surface area contributed by atoms with Crippen molar-refractivity contribution >= 4 is 17.2 Å². The van der Waals surface area contributed by atoms with Crippen LogP contribution in [0.5, 0.6) is 0 Å². The maximum Gasteiger partial charge on any atom is 0.236 e. The third kappa shape index (κ3) is 4.68. The van der Waals surface area contributed by atoms with E-state index < -0.39 is 0 Å². The lowest BCUT2D eigenvalue weighted by Gasteiger charge is -2.34. The zero-order valence-electron chi connectivity index (χ0n) is 15.0. The Labute approximate surface area is 153 Å². The number of hydrogen-bond donors (Lipinski definition) is 0. The van der Waals surface area contributed by atoms with Gasteiger partial charge in [-0.25, -0.2) is 4.98 Å². The quantitative estimate of drug-likeness (QED) is 0.757. The zero-order chi connectivity index (χ0) is 17.6. The molecule has 0 N–H and O–H groups in total. The highest BCUT2D eigenvalue weighted by atomic mass is 32.1. The summed E-state index contributed by atoms with van der Waals surface area (Å²) in [5.74, 6) is 0.934. The number of carbonyl (C=O) groups excluding carboxylic acids is 1. The molecular formula is C18H26N4O2S. The standard InChI is InChI=1S/C18H26N4O2S/c1-3-22(4-2)17(23)13-21-9-7-20(8-10-21)12-15-14-24-18(19-15)16-6-5-11-25-16/h5-6,11,14H,3-4,7-10,12-13H2,1-2H3. The number of carbonyl (C=O) groups is 1. The van der Waals surface area contributed by atoms with Gasteiger partial charge in [0.1, 0.15) is 6.26 Å². The van der Waals surface area contributed by atoms with Crippen molar-refractivity contribution in [1.82, 2.24) is 19.7 Å². The first-order valence-electron chi connectivity index (χ1n) is 8.90. The number of likely N-dealkylation sites (N-methyl/N-ethyl adjacent to an activating group) is 1. The molecule has 6 nitrogen and oxygen atoms in total. The van der Waals surface area contributed by atoms with E-state index in [1.54, 1.807) is 17.6 Å². The molecule has 136 valence electrons. The van der Waals surface area contributed by atoms with Gasteiger partial charge in [-0.05, 0) is 25.3 Å². The van der Waals surface area contributed by atoms with Crippen LogP contribution in [-0.4, -0.2) is 71.4 Å². The number of hydrogen-bond acceptors (Lipinski definition) is 6. The SMILES string of the molecule is CCN(CC)C(=O)CN1CCN(Cc2coc(-c3cccs3)n2)CC1. The second kappa shape index (κ2) is 8.60. The van der Waals surface area contributed by atoms with E-state index in [0.29, 0.717) is 12.4 Å². The number of thiophene rings is 1. The molecule has 3 rings (SSSR count). The van der Waals surface area contributed by atoms with Crippen molar-refractivity contribution in [2.45, 2.75) is 20.4 Å². The molecule has 25 heavy (non-hydrogen) atoms. The molecule has 1 fully saturated rings. The molecular weight excluding hydrogens is 336 g/mol. The molecule has 1 aliphatic rings. The Morgan fingerprint density at radius 1 is 1.24 bits per heavy atom. The van der Waals surface area contributed by atoms with Crippen LogP contribution >= 0.6 is 11.3 Å². The van der Waals surface area contributed by atoms with Crippen LogP contribution in [0.15, 0.2) is 28.2 Å². The summed E-state index contributed by atoms with van der Waals surface area (Å²) in [6.07, 6.45) is 1.76. The molecule has 2 aromatic rings. The van der Waals surface area contributed by atoms with Gasteiger partial charge in [0, 0.05) is 45.8 Å². The minimum Gasteiger partial charge on any atom is -0.444 e. The van der Waals surface area contributed by atoms with Crippen molar-refractivity contribution in [2.75, 3.05) is 45.8 Å². The Bertz CT molecular complexity index is 658. The molecule has 0 aliphatic carbocycles. The van der Waals surface area contributed by atoms with Gasteiger partial charge in [0.2, 0.25) is 11.8 Å². The van der Waals surface area contributed by atoms with Crippen molar-refractivity contribution < 1.29 is 9.21 Å². The third-order valence-electron chi connectivity index (χ3n) is 4.61. The summed E-state index contributed by atoms with van der Waals surface area (Å²) in [6.45, 7) is 10.7. The van der Waals surface area contributed by atoms with Crippen molar-refractivity contribution in [3.63, 3.8) is 0 Å². The van der Waals surface area contributed by atoms with Crippen molar-refractivity contribution in [1.29, 1.82) is 0 Å². The molecule has 1 saturated heterocycles. The number of nitrogens with zero attached hydrogens (tertiary/aromatic N) is 4. The first-order valence-corrected chi connectivity index (χ1v) is 9.78. The highest BCUT2D eigenvalue weighted by molar-refractivity contribution is 7.13. The molecule has 2 aromatic heterocycles. The lowest BCUT2D eigenvalue weighted by Crippen LogP contribution is -2.49. The molecule has 0 saturated carbocycles. The molecule has 0 aromatic carbocycles. The fourth-order valence-corrected chi connectivity index (χ4v) is 3.75. The predicted molar refractivity (Wildman–Crippen MR) is 99.5 cm³/mol. The van der Waals surface area contributed by atoms with Crippen LogP contribution in [0, 0.1) is 0 Å². The third-order valence-corrected chi connectivity index (χ3v) is 5.47. The number of aromatic nitrogens is 1. The molecule has 1 aliphatic heterocycles. The van der Waals surface area contributed by atoms with E-state index >= 15 is 0 Å². The first kappa shape index (κ1) is 18.1. The number of amides is 1. The normalized spacial score (nSPS) is 16.2. The van der Waals surface area contributed by atoms with Gasteiger partial charge in [-0.3, -0.25) is 14.6 Å². The van der Waals surface area contributed by atoms with Crippen LogP contribution in [-0.2, 0) is 11.3 Å². The molecule has 0 bridgehead atoms. The van der Waals surface area contributed by atoms with E-state index in [1.165, 1.54) is 0 Å². The summed E-state index contributed by atoms with van der Waals surface area (Å²) < 4.78 is 5.59. The Hall–Kier alpha value is -1.70. The number of oxazole rings is 1. The summed E-state index contributed by atoms with van der Waals surface area (Å²) in [7, 11) is 0. The Morgan fingerprint density at radius 2 is 1.96 bits per heavy atom. The van der Waals surface area contributed by atoms with Gasteiger partial charge >= 0.3 is 0 Å². The topological polar surface area (TPSA) is 52.8 Å². The summed E-state index contributed by atoms with van der Waals surface area (Å²) in [5.41, 5.74) is 0.969.